The van der Waals surface area contributed by atoms with E-state index >= 15 is 0 Å². The number of ether oxygens (including phenoxy) is 1. The van der Waals surface area contributed by atoms with Gasteiger partial charge in [-0.25, -0.2) is 13.2 Å². The number of sulfone groups is 1. The van der Waals surface area contributed by atoms with Gasteiger partial charge in [0.05, 0.1) is 16.2 Å². The molecule has 2 heterocycles. The number of carbonyl (C=O) groups is 1. The number of hydrogen-bond donors (Lipinski definition) is 0. The highest BCUT2D eigenvalue weighted by molar-refractivity contribution is 7.89. The maximum Gasteiger partial charge on any atom is 0.338 e. The van der Waals surface area contributed by atoms with Gasteiger partial charge < -0.3 is 9.26 Å². The number of hydrogen-bond acceptors (Lipinski definition) is 8. The third-order valence-electron chi connectivity index (χ3n) is 3.15. The fourth-order valence-corrected chi connectivity index (χ4v) is 3.52. The van der Waals surface area contributed by atoms with Crippen LogP contribution in [0.25, 0.3) is 10.7 Å². The monoisotopic (exact) mass is 378 g/mol. The highest BCUT2D eigenvalue weighted by Crippen LogP contribution is 2.21. The van der Waals surface area contributed by atoms with E-state index in [1.54, 1.807) is 12.1 Å². The smallest absolute Gasteiger partial charge is 0.338 e. The van der Waals surface area contributed by atoms with Crippen LogP contribution in [-0.4, -0.2) is 30.8 Å². The Kier molecular flexibility index (Phi) is 4.95. The summed E-state index contributed by atoms with van der Waals surface area (Å²) >= 11 is 1.48. The molecule has 0 unspecified atom stereocenters. The number of carbonyl (C=O) groups excluding carboxylic acids is 1. The van der Waals surface area contributed by atoms with Gasteiger partial charge >= 0.3 is 5.97 Å². The molecule has 0 bridgehead atoms. The largest absolute Gasteiger partial charge is 0.452 e. The maximum atomic E-state index is 12.0. The Morgan fingerprint density at radius 2 is 2.00 bits per heavy atom. The van der Waals surface area contributed by atoms with Crippen molar-refractivity contribution >= 4 is 27.1 Å². The molecule has 0 saturated carbocycles. The number of nitrogens with zero attached hydrogens (tertiary/aromatic N) is 2. The first-order chi connectivity index (χ1) is 11.9. The normalized spacial score (nSPS) is 11.4. The second-order valence-electron chi connectivity index (χ2n) is 5.33. The summed E-state index contributed by atoms with van der Waals surface area (Å²) in [5, 5.41) is 5.73. The number of rotatable bonds is 6. The molecule has 3 rings (SSSR count). The van der Waals surface area contributed by atoms with Crippen molar-refractivity contribution < 1.29 is 22.5 Å². The summed E-state index contributed by atoms with van der Waals surface area (Å²) in [5.41, 5.74) is 0.923. The molecule has 0 spiro atoms. The molecule has 0 fully saturated rings. The third-order valence-corrected chi connectivity index (χ3v) is 4.88. The molecule has 0 atom stereocenters. The molecule has 0 radical (unpaired) electrons. The van der Waals surface area contributed by atoms with Gasteiger partial charge in [-0.1, -0.05) is 23.4 Å². The van der Waals surface area contributed by atoms with E-state index in [2.05, 4.69) is 10.1 Å². The minimum Gasteiger partial charge on any atom is -0.452 e. The van der Waals surface area contributed by atoms with Crippen molar-refractivity contribution in [1.82, 2.24) is 10.1 Å². The van der Waals surface area contributed by atoms with Crippen molar-refractivity contribution in [3.63, 3.8) is 0 Å². The van der Waals surface area contributed by atoms with E-state index in [1.165, 1.54) is 23.5 Å². The Hall–Kier alpha value is -2.52. The number of esters is 1. The average molecular weight is 378 g/mol. The lowest BCUT2D eigenvalue weighted by Crippen LogP contribution is -2.06. The first kappa shape index (κ1) is 17.3. The molecule has 0 N–H and O–H groups in total. The molecule has 130 valence electrons. The highest BCUT2D eigenvalue weighted by Gasteiger charge is 2.13. The lowest BCUT2D eigenvalue weighted by molar-refractivity contribution is 0.0430. The SMILES string of the molecule is CS(=O)(=O)Cc1ccc(C(=O)OCc2nc(-c3cccs3)no2)cc1. The van der Waals surface area contributed by atoms with Crippen molar-refractivity contribution in [2.45, 2.75) is 12.4 Å². The summed E-state index contributed by atoms with van der Waals surface area (Å²) in [6, 6.07) is 9.95. The molecule has 0 aliphatic rings. The van der Waals surface area contributed by atoms with Crippen LogP contribution in [0.1, 0.15) is 21.8 Å². The van der Waals surface area contributed by atoms with Gasteiger partial charge in [-0.3, -0.25) is 0 Å². The van der Waals surface area contributed by atoms with Crippen LogP contribution in [0.3, 0.4) is 0 Å². The zero-order valence-corrected chi connectivity index (χ0v) is 14.8. The second kappa shape index (κ2) is 7.16. The molecule has 2 aromatic heterocycles. The van der Waals surface area contributed by atoms with Crippen LogP contribution in [0.15, 0.2) is 46.3 Å². The Morgan fingerprint density at radius 3 is 2.64 bits per heavy atom. The Balaban J connectivity index is 1.59. The minimum absolute atomic E-state index is 0.0736. The molecule has 7 nitrogen and oxygen atoms in total. The number of thiophene rings is 1. The van der Waals surface area contributed by atoms with Gasteiger partial charge in [-0.15, -0.1) is 11.3 Å². The van der Waals surface area contributed by atoms with Gasteiger partial charge in [0, 0.05) is 6.26 Å². The summed E-state index contributed by atoms with van der Waals surface area (Å²) < 4.78 is 32.7. The van der Waals surface area contributed by atoms with Crippen molar-refractivity contribution in [3.05, 3.63) is 58.8 Å². The minimum atomic E-state index is -3.12. The molecule has 9 heteroatoms. The van der Waals surface area contributed by atoms with Crippen molar-refractivity contribution in [3.8, 4) is 10.7 Å². The standard InChI is InChI=1S/C16H14N2O5S2/c1-25(20,21)10-11-4-6-12(7-5-11)16(19)22-9-14-17-15(18-23-14)13-3-2-8-24-13/h2-8H,9-10H2,1H3. The quantitative estimate of drug-likeness (QED) is 0.608. The zero-order valence-electron chi connectivity index (χ0n) is 13.2. The van der Waals surface area contributed by atoms with Gasteiger partial charge in [0.2, 0.25) is 5.82 Å². The predicted octanol–water partition coefficient (Wildman–Crippen LogP) is 2.70. The van der Waals surface area contributed by atoms with Gasteiger partial charge in [0.25, 0.3) is 5.89 Å². The molecule has 3 aromatic rings. The van der Waals surface area contributed by atoms with Crippen LogP contribution >= 0.6 is 11.3 Å². The Bertz CT molecular complexity index is 960. The van der Waals surface area contributed by atoms with Crippen LogP contribution < -0.4 is 0 Å². The lowest BCUT2D eigenvalue weighted by atomic mass is 10.1. The van der Waals surface area contributed by atoms with Crippen molar-refractivity contribution in [2.75, 3.05) is 6.26 Å². The molecule has 0 aliphatic carbocycles. The Morgan fingerprint density at radius 1 is 1.24 bits per heavy atom. The lowest BCUT2D eigenvalue weighted by Gasteiger charge is -2.03. The highest BCUT2D eigenvalue weighted by atomic mass is 32.2. The Labute approximate surface area is 148 Å². The van der Waals surface area contributed by atoms with Crippen molar-refractivity contribution in [1.29, 1.82) is 0 Å². The predicted molar refractivity (Wildman–Crippen MR) is 91.7 cm³/mol. The average Bonchev–Trinajstić information content (AvgIpc) is 3.23. The van der Waals surface area contributed by atoms with E-state index in [0.717, 1.165) is 11.1 Å². The molecule has 0 amide bonds. The number of benzene rings is 1. The van der Waals surface area contributed by atoms with E-state index < -0.39 is 15.8 Å². The van der Waals surface area contributed by atoms with Gasteiger partial charge in [-0.05, 0) is 29.1 Å². The van der Waals surface area contributed by atoms with Crippen LogP contribution in [0.2, 0.25) is 0 Å². The molecule has 25 heavy (non-hydrogen) atoms. The summed E-state index contributed by atoms with van der Waals surface area (Å²) in [6.45, 7) is -0.137. The molecule has 1 aromatic carbocycles. The second-order valence-corrected chi connectivity index (χ2v) is 8.42. The summed E-state index contributed by atoms with van der Waals surface area (Å²) in [4.78, 5) is 17.0. The molecular weight excluding hydrogens is 364 g/mol. The molecule has 0 saturated heterocycles. The number of aromatic nitrogens is 2. The van der Waals surface area contributed by atoms with E-state index in [-0.39, 0.29) is 18.3 Å². The van der Waals surface area contributed by atoms with Crippen LogP contribution in [0.5, 0.6) is 0 Å². The molecular formula is C16H14N2O5S2. The maximum absolute atomic E-state index is 12.0. The fraction of sp³-hybridized carbons (Fsp3) is 0.188. The van der Waals surface area contributed by atoms with E-state index in [0.29, 0.717) is 17.0 Å². The van der Waals surface area contributed by atoms with E-state index in [4.69, 9.17) is 9.26 Å². The van der Waals surface area contributed by atoms with Crippen LogP contribution in [0.4, 0.5) is 0 Å². The van der Waals surface area contributed by atoms with E-state index in [9.17, 15) is 13.2 Å². The fourth-order valence-electron chi connectivity index (χ4n) is 2.07. The van der Waals surface area contributed by atoms with Gasteiger partial charge in [0.15, 0.2) is 16.4 Å². The van der Waals surface area contributed by atoms with E-state index in [1.807, 2.05) is 17.5 Å². The van der Waals surface area contributed by atoms with Gasteiger partial charge in [0.1, 0.15) is 0 Å². The first-order valence-corrected chi connectivity index (χ1v) is 10.1. The molecule has 0 aliphatic heterocycles. The third kappa shape index (κ3) is 4.74. The summed E-state index contributed by atoms with van der Waals surface area (Å²) in [6.07, 6.45) is 1.16. The summed E-state index contributed by atoms with van der Waals surface area (Å²) in [5.74, 6) is 0.0221. The van der Waals surface area contributed by atoms with Crippen LogP contribution in [0, 0.1) is 0 Å². The summed E-state index contributed by atoms with van der Waals surface area (Å²) in [7, 11) is -3.12. The van der Waals surface area contributed by atoms with Gasteiger partial charge in [-0.2, -0.15) is 4.98 Å². The van der Waals surface area contributed by atoms with Crippen LogP contribution in [-0.2, 0) is 26.9 Å². The van der Waals surface area contributed by atoms with Crippen molar-refractivity contribution in [2.24, 2.45) is 0 Å². The topological polar surface area (TPSA) is 99.4 Å². The first-order valence-electron chi connectivity index (χ1n) is 7.21. The zero-order chi connectivity index (χ0) is 17.9.